The Hall–Kier alpha value is -1.69. The largest absolute Gasteiger partial charge is 0.339 e. The van der Waals surface area contributed by atoms with Crippen LogP contribution in [-0.4, -0.2) is 26.2 Å². The normalized spacial score (nSPS) is 13.6. The maximum atomic E-state index is 5.72. The number of hydrogen-bond acceptors (Lipinski definition) is 5. The van der Waals surface area contributed by atoms with E-state index in [0.717, 1.165) is 25.1 Å². The highest BCUT2D eigenvalue weighted by molar-refractivity contribution is 5.42. The fraction of sp³-hybridized carbons (Fsp3) is 0.667. The average molecular weight is 291 g/mol. The molecule has 0 radical (unpaired) electrons. The first-order valence-electron chi connectivity index (χ1n) is 7.42. The molecule has 0 spiro atoms. The average Bonchev–Trinajstić information content (AvgIpc) is 3.01. The van der Waals surface area contributed by atoms with Gasteiger partial charge in [-0.05, 0) is 30.7 Å². The molecule has 1 unspecified atom stereocenters. The SMILES string of the molecule is Cn1ccnc1-c1noc(CCC(CCN)C(C)(C)C)n1. The van der Waals surface area contributed by atoms with Gasteiger partial charge in [-0.2, -0.15) is 4.98 Å². The van der Waals surface area contributed by atoms with E-state index in [4.69, 9.17) is 10.3 Å². The van der Waals surface area contributed by atoms with Gasteiger partial charge in [-0.15, -0.1) is 0 Å². The fourth-order valence-corrected chi connectivity index (χ4v) is 2.54. The second kappa shape index (κ2) is 6.39. The van der Waals surface area contributed by atoms with Gasteiger partial charge in [-0.3, -0.25) is 0 Å². The highest BCUT2D eigenvalue weighted by atomic mass is 16.5. The number of imidazole rings is 1. The molecule has 2 aromatic rings. The van der Waals surface area contributed by atoms with Crippen LogP contribution in [0.25, 0.3) is 11.6 Å². The van der Waals surface area contributed by atoms with E-state index in [0.29, 0.717) is 24.2 Å². The Morgan fingerprint density at radius 3 is 2.67 bits per heavy atom. The minimum absolute atomic E-state index is 0.238. The van der Waals surface area contributed by atoms with Crippen LogP contribution in [0, 0.1) is 11.3 Å². The van der Waals surface area contributed by atoms with Crippen LogP contribution in [-0.2, 0) is 13.5 Å². The van der Waals surface area contributed by atoms with Gasteiger partial charge in [-0.1, -0.05) is 25.9 Å². The lowest BCUT2D eigenvalue weighted by molar-refractivity contribution is 0.208. The van der Waals surface area contributed by atoms with Crippen molar-refractivity contribution >= 4 is 0 Å². The van der Waals surface area contributed by atoms with Crippen LogP contribution < -0.4 is 5.73 Å². The van der Waals surface area contributed by atoms with Gasteiger partial charge in [0, 0.05) is 25.9 Å². The molecule has 0 aliphatic carbocycles. The summed E-state index contributed by atoms with van der Waals surface area (Å²) in [4.78, 5) is 8.66. The second-order valence-corrected chi connectivity index (χ2v) is 6.55. The third-order valence-electron chi connectivity index (χ3n) is 3.94. The number of nitrogens with zero attached hydrogens (tertiary/aromatic N) is 4. The summed E-state index contributed by atoms with van der Waals surface area (Å²) < 4.78 is 7.21. The Labute approximate surface area is 125 Å². The first kappa shape index (κ1) is 15.7. The molecule has 116 valence electrons. The highest BCUT2D eigenvalue weighted by Crippen LogP contribution is 2.32. The summed E-state index contributed by atoms with van der Waals surface area (Å²) in [6.07, 6.45) is 6.39. The molecule has 0 bridgehead atoms. The molecule has 1 atom stereocenters. The molecular formula is C15H25N5O. The number of hydrogen-bond donors (Lipinski definition) is 1. The van der Waals surface area contributed by atoms with Crippen LogP contribution in [0.15, 0.2) is 16.9 Å². The molecule has 2 aromatic heterocycles. The van der Waals surface area contributed by atoms with E-state index in [1.165, 1.54) is 0 Å². The predicted molar refractivity (Wildman–Crippen MR) is 81.4 cm³/mol. The molecule has 0 fully saturated rings. The van der Waals surface area contributed by atoms with E-state index < -0.39 is 0 Å². The van der Waals surface area contributed by atoms with Crippen LogP contribution in [0.1, 0.15) is 39.5 Å². The van der Waals surface area contributed by atoms with Crippen molar-refractivity contribution < 1.29 is 4.52 Å². The van der Waals surface area contributed by atoms with Crippen molar-refractivity contribution in [2.75, 3.05) is 6.54 Å². The van der Waals surface area contributed by atoms with Crippen molar-refractivity contribution in [3.8, 4) is 11.6 Å². The zero-order valence-electron chi connectivity index (χ0n) is 13.3. The van der Waals surface area contributed by atoms with Gasteiger partial charge in [0.05, 0.1) is 0 Å². The fourth-order valence-electron chi connectivity index (χ4n) is 2.54. The smallest absolute Gasteiger partial charge is 0.238 e. The van der Waals surface area contributed by atoms with E-state index in [2.05, 4.69) is 35.9 Å². The summed E-state index contributed by atoms with van der Waals surface area (Å²) in [5.74, 6) is 2.48. The third-order valence-corrected chi connectivity index (χ3v) is 3.94. The molecule has 0 aliphatic heterocycles. The zero-order chi connectivity index (χ0) is 15.5. The molecule has 21 heavy (non-hydrogen) atoms. The maximum Gasteiger partial charge on any atom is 0.238 e. The summed E-state index contributed by atoms with van der Waals surface area (Å²) in [6.45, 7) is 7.46. The van der Waals surface area contributed by atoms with E-state index in [-0.39, 0.29) is 5.41 Å². The first-order valence-corrected chi connectivity index (χ1v) is 7.42. The Bertz CT molecular complexity index is 567. The van der Waals surface area contributed by atoms with Gasteiger partial charge in [0.25, 0.3) is 0 Å². The molecule has 0 saturated carbocycles. The predicted octanol–water partition coefficient (Wildman–Crippen LogP) is 2.41. The van der Waals surface area contributed by atoms with E-state index in [1.807, 2.05) is 17.8 Å². The second-order valence-electron chi connectivity index (χ2n) is 6.55. The molecule has 6 nitrogen and oxygen atoms in total. The molecule has 2 rings (SSSR count). The Balaban J connectivity index is 2.01. The number of nitrogens with two attached hydrogens (primary N) is 1. The molecule has 2 N–H and O–H groups in total. The zero-order valence-corrected chi connectivity index (χ0v) is 13.3. The van der Waals surface area contributed by atoms with E-state index in [1.54, 1.807) is 6.20 Å². The lowest BCUT2D eigenvalue weighted by Gasteiger charge is -2.30. The topological polar surface area (TPSA) is 82.8 Å². The summed E-state index contributed by atoms with van der Waals surface area (Å²) in [5, 5.41) is 4.01. The monoisotopic (exact) mass is 291 g/mol. The summed E-state index contributed by atoms with van der Waals surface area (Å²) >= 11 is 0. The van der Waals surface area contributed by atoms with Crippen molar-refractivity contribution in [1.82, 2.24) is 19.7 Å². The molecule has 0 amide bonds. The van der Waals surface area contributed by atoms with Gasteiger partial charge in [0.2, 0.25) is 11.7 Å². The van der Waals surface area contributed by atoms with Crippen LogP contribution in [0.3, 0.4) is 0 Å². The van der Waals surface area contributed by atoms with Crippen molar-refractivity contribution in [1.29, 1.82) is 0 Å². The van der Waals surface area contributed by atoms with E-state index in [9.17, 15) is 0 Å². The van der Waals surface area contributed by atoms with Crippen molar-refractivity contribution in [3.05, 3.63) is 18.3 Å². The molecular weight excluding hydrogens is 266 g/mol. The molecule has 0 saturated heterocycles. The third kappa shape index (κ3) is 3.91. The lowest BCUT2D eigenvalue weighted by atomic mass is 9.76. The molecule has 0 aromatic carbocycles. The van der Waals surface area contributed by atoms with Crippen molar-refractivity contribution in [2.24, 2.45) is 24.1 Å². The van der Waals surface area contributed by atoms with Gasteiger partial charge >= 0.3 is 0 Å². The quantitative estimate of drug-likeness (QED) is 0.883. The Morgan fingerprint density at radius 1 is 1.33 bits per heavy atom. The Morgan fingerprint density at radius 2 is 2.10 bits per heavy atom. The minimum atomic E-state index is 0.238. The van der Waals surface area contributed by atoms with Crippen LogP contribution in [0.5, 0.6) is 0 Å². The summed E-state index contributed by atoms with van der Waals surface area (Å²) in [5.41, 5.74) is 5.96. The minimum Gasteiger partial charge on any atom is -0.339 e. The standard InChI is InChI=1S/C15H25N5O/c1-15(2,3)11(7-8-16)5-6-12-18-13(19-21-12)14-17-9-10-20(14)4/h9-11H,5-8,16H2,1-4H3. The van der Waals surface area contributed by atoms with Gasteiger partial charge in [0.1, 0.15) is 0 Å². The number of rotatable bonds is 6. The van der Waals surface area contributed by atoms with Gasteiger partial charge < -0.3 is 14.8 Å². The summed E-state index contributed by atoms with van der Waals surface area (Å²) in [6, 6.07) is 0. The van der Waals surface area contributed by atoms with Crippen LogP contribution in [0.2, 0.25) is 0 Å². The number of aromatic nitrogens is 4. The van der Waals surface area contributed by atoms with Crippen LogP contribution in [0.4, 0.5) is 0 Å². The van der Waals surface area contributed by atoms with Crippen molar-refractivity contribution in [3.63, 3.8) is 0 Å². The highest BCUT2D eigenvalue weighted by Gasteiger charge is 2.24. The lowest BCUT2D eigenvalue weighted by Crippen LogP contribution is -2.24. The van der Waals surface area contributed by atoms with Gasteiger partial charge in [0.15, 0.2) is 5.82 Å². The first-order chi connectivity index (χ1) is 9.91. The molecule has 0 aliphatic rings. The molecule has 2 heterocycles. The maximum absolute atomic E-state index is 5.72. The Kier molecular flexibility index (Phi) is 4.77. The molecule has 6 heteroatoms. The van der Waals surface area contributed by atoms with Crippen molar-refractivity contribution in [2.45, 2.75) is 40.0 Å². The van der Waals surface area contributed by atoms with Gasteiger partial charge in [-0.25, -0.2) is 4.98 Å². The number of aryl methyl sites for hydroxylation is 2. The van der Waals surface area contributed by atoms with E-state index >= 15 is 0 Å². The van der Waals surface area contributed by atoms with Crippen LogP contribution >= 0.6 is 0 Å². The summed E-state index contributed by atoms with van der Waals surface area (Å²) in [7, 11) is 1.91.